The second-order valence-corrected chi connectivity index (χ2v) is 8.94. The van der Waals surface area contributed by atoms with E-state index in [0.717, 1.165) is 12.8 Å². The molecular weight excluding hydrogens is 340 g/mol. The SMILES string of the molecule is CCCCCCCC/C=C\CCCCCCCCCCCC(O)CCCCC. The molecule has 1 N–H and O–H groups in total. The van der Waals surface area contributed by atoms with Crippen molar-refractivity contribution >= 4 is 0 Å². The smallest absolute Gasteiger partial charge is 0.0540 e. The van der Waals surface area contributed by atoms with E-state index in [-0.39, 0.29) is 6.10 Å². The van der Waals surface area contributed by atoms with Gasteiger partial charge >= 0.3 is 0 Å². The van der Waals surface area contributed by atoms with Gasteiger partial charge in [0.1, 0.15) is 0 Å². The lowest BCUT2D eigenvalue weighted by atomic mass is 10.0. The fourth-order valence-electron chi connectivity index (χ4n) is 3.93. The molecule has 0 aromatic rings. The zero-order valence-electron chi connectivity index (χ0n) is 19.7. The Morgan fingerprint density at radius 2 is 0.786 bits per heavy atom. The number of aliphatic hydroxyl groups excluding tert-OH is 1. The van der Waals surface area contributed by atoms with Crippen molar-refractivity contribution in [3.63, 3.8) is 0 Å². The summed E-state index contributed by atoms with van der Waals surface area (Å²) in [4.78, 5) is 0. The van der Waals surface area contributed by atoms with Crippen LogP contribution in [0.3, 0.4) is 0 Å². The van der Waals surface area contributed by atoms with Crippen LogP contribution in [-0.2, 0) is 0 Å². The highest BCUT2D eigenvalue weighted by molar-refractivity contribution is 4.81. The summed E-state index contributed by atoms with van der Waals surface area (Å²) in [7, 11) is 0. The second kappa shape index (κ2) is 24.7. The molecule has 1 atom stereocenters. The molecule has 168 valence electrons. The average molecular weight is 395 g/mol. The summed E-state index contributed by atoms with van der Waals surface area (Å²) in [6, 6.07) is 0. The molecular formula is C27H54O. The van der Waals surface area contributed by atoms with Crippen LogP contribution in [0.2, 0.25) is 0 Å². The van der Waals surface area contributed by atoms with Crippen molar-refractivity contribution in [3.8, 4) is 0 Å². The third-order valence-corrected chi connectivity index (χ3v) is 5.94. The first kappa shape index (κ1) is 27.7. The molecule has 1 nitrogen and oxygen atoms in total. The molecule has 0 aliphatic carbocycles. The number of allylic oxidation sites excluding steroid dienone is 2. The highest BCUT2D eigenvalue weighted by atomic mass is 16.3. The van der Waals surface area contributed by atoms with E-state index < -0.39 is 0 Å². The lowest BCUT2D eigenvalue weighted by molar-refractivity contribution is 0.147. The fraction of sp³-hybridized carbons (Fsp3) is 0.926. The van der Waals surface area contributed by atoms with Gasteiger partial charge in [-0.15, -0.1) is 0 Å². The fourth-order valence-corrected chi connectivity index (χ4v) is 3.93. The zero-order chi connectivity index (χ0) is 20.5. The summed E-state index contributed by atoms with van der Waals surface area (Å²) in [5, 5.41) is 9.91. The summed E-state index contributed by atoms with van der Waals surface area (Å²) in [5.41, 5.74) is 0. The van der Waals surface area contributed by atoms with Gasteiger partial charge in [0.05, 0.1) is 6.10 Å². The minimum absolute atomic E-state index is 0.0357. The molecule has 0 radical (unpaired) electrons. The molecule has 0 spiro atoms. The molecule has 0 amide bonds. The molecule has 0 bridgehead atoms. The Balaban J connectivity index is 3.12. The van der Waals surface area contributed by atoms with E-state index in [1.165, 1.54) is 128 Å². The van der Waals surface area contributed by atoms with Gasteiger partial charge in [-0.05, 0) is 38.5 Å². The number of hydrogen-bond donors (Lipinski definition) is 1. The Morgan fingerprint density at radius 3 is 1.25 bits per heavy atom. The van der Waals surface area contributed by atoms with Crippen LogP contribution >= 0.6 is 0 Å². The standard InChI is InChI=1S/C27H54O/c1-3-5-7-8-9-10-11-12-13-14-15-16-17-18-19-20-21-22-24-26-27(28)25-23-6-4-2/h12-13,27-28H,3-11,14-26H2,1-2H3/b13-12-. The predicted molar refractivity (Wildman–Crippen MR) is 128 cm³/mol. The third-order valence-electron chi connectivity index (χ3n) is 5.94. The first-order valence-electron chi connectivity index (χ1n) is 13.1. The average Bonchev–Trinajstić information content (AvgIpc) is 2.70. The van der Waals surface area contributed by atoms with Crippen molar-refractivity contribution in [1.82, 2.24) is 0 Å². The molecule has 0 aliphatic heterocycles. The highest BCUT2D eigenvalue weighted by Crippen LogP contribution is 2.14. The first-order valence-corrected chi connectivity index (χ1v) is 13.1. The normalized spacial score (nSPS) is 12.8. The lowest BCUT2D eigenvalue weighted by Crippen LogP contribution is -2.05. The Morgan fingerprint density at radius 1 is 0.464 bits per heavy atom. The Labute approximate surface area is 178 Å². The van der Waals surface area contributed by atoms with Gasteiger partial charge in [-0.3, -0.25) is 0 Å². The van der Waals surface area contributed by atoms with Crippen molar-refractivity contribution in [2.75, 3.05) is 0 Å². The van der Waals surface area contributed by atoms with Crippen LogP contribution in [0, 0.1) is 0 Å². The summed E-state index contributed by atoms with van der Waals surface area (Å²) < 4.78 is 0. The van der Waals surface area contributed by atoms with Gasteiger partial charge < -0.3 is 5.11 Å². The van der Waals surface area contributed by atoms with Gasteiger partial charge in [0.2, 0.25) is 0 Å². The van der Waals surface area contributed by atoms with Crippen LogP contribution in [0.25, 0.3) is 0 Å². The summed E-state index contributed by atoms with van der Waals surface area (Å²) >= 11 is 0. The predicted octanol–water partition coefficient (Wildman–Crippen LogP) is 9.53. The van der Waals surface area contributed by atoms with Gasteiger partial charge in [0.25, 0.3) is 0 Å². The number of hydrogen-bond acceptors (Lipinski definition) is 1. The Bertz CT molecular complexity index is 297. The van der Waals surface area contributed by atoms with Gasteiger partial charge in [-0.1, -0.05) is 129 Å². The molecule has 1 unspecified atom stereocenters. The molecule has 28 heavy (non-hydrogen) atoms. The number of unbranched alkanes of at least 4 members (excludes halogenated alkanes) is 17. The maximum atomic E-state index is 9.91. The van der Waals surface area contributed by atoms with Gasteiger partial charge in [-0.25, -0.2) is 0 Å². The van der Waals surface area contributed by atoms with E-state index in [0.29, 0.717) is 0 Å². The molecule has 1 heteroatoms. The van der Waals surface area contributed by atoms with Crippen molar-refractivity contribution in [1.29, 1.82) is 0 Å². The third kappa shape index (κ3) is 23.7. The van der Waals surface area contributed by atoms with Gasteiger partial charge in [0, 0.05) is 0 Å². The van der Waals surface area contributed by atoms with E-state index in [9.17, 15) is 5.11 Å². The Hall–Kier alpha value is -0.300. The monoisotopic (exact) mass is 394 g/mol. The molecule has 0 heterocycles. The van der Waals surface area contributed by atoms with E-state index in [4.69, 9.17) is 0 Å². The first-order chi connectivity index (χ1) is 13.8. The molecule has 0 aromatic heterocycles. The maximum Gasteiger partial charge on any atom is 0.0540 e. The minimum atomic E-state index is -0.0357. The molecule has 0 aromatic carbocycles. The van der Waals surface area contributed by atoms with Crippen LogP contribution in [0.15, 0.2) is 12.2 Å². The van der Waals surface area contributed by atoms with Crippen molar-refractivity contribution < 1.29 is 5.11 Å². The van der Waals surface area contributed by atoms with Crippen molar-refractivity contribution in [3.05, 3.63) is 12.2 Å². The van der Waals surface area contributed by atoms with E-state index in [2.05, 4.69) is 26.0 Å². The Kier molecular flexibility index (Phi) is 24.5. The van der Waals surface area contributed by atoms with Gasteiger partial charge in [0.15, 0.2) is 0 Å². The van der Waals surface area contributed by atoms with E-state index in [1.807, 2.05) is 0 Å². The number of rotatable bonds is 23. The molecule has 0 aliphatic rings. The van der Waals surface area contributed by atoms with Crippen molar-refractivity contribution in [2.45, 2.75) is 161 Å². The lowest BCUT2D eigenvalue weighted by Gasteiger charge is -2.09. The second-order valence-electron chi connectivity index (χ2n) is 8.94. The number of aliphatic hydroxyl groups is 1. The summed E-state index contributed by atoms with van der Waals surface area (Å²) in [6.07, 6.45) is 33.9. The van der Waals surface area contributed by atoms with Crippen LogP contribution < -0.4 is 0 Å². The molecule has 0 rings (SSSR count). The van der Waals surface area contributed by atoms with E-state index >= 15 is 0 Å². The van der Waals surface area contributed by atoms with Crippen LogP contribution in [0.4, 0.5) is 0 Å². The van der Waals surface area contributed by atoms with Crippen molar-refractivity contribution in [2.24, 2.45) is 0 Å². The van der Waals surface area contributed by atoms with Gasteiger partial charge in [-0.2, -0.15) is 0 Å². The zero-order valence-corrected chi connectivity index (χ0v) is 19.7. The van der Waals surface area contributed by atoms with Crippen LogP contribution in [0.1, 0.15) is 155 Å². The van der Waals surface area contributed by atoms with Crippen LogP contribution in [-0.4, -0.2) is 11.2 Å². The van der Waals surface area contributed by atoms with E-state index in [1.54, 1.807) is 0 Å². The quantitative estimate of drug-likeness (QED) is 0.135. The maximum absolute atomic E-state index is 9.91. The largest absolute Gasteiger partial charge is 0.393 e. The molecule has 0 fully saturated rings. The summed E-state index contributed by atoms with van der Waals surface area (Å²) in [5.74, 6) is 0. The molecule has 0 saturated heterocycles. The summed E-state index contributed by atoms with van der Waals surface area (Å²) in [6.45, 7) is 4.51. The highest BCUT2D eigenvalue weighted by Gasteiger charge is 2.03. The molecule has 0 saturated carbocycles. The van der Waals surface area contributed by atoms with Crippen LogP contribution in [0.5, 0.6) is 0 Å². The topological polar surface area (TPSA) is 20.2 Å². The minimum Gasteiger partial charge on any atom is -0.393 e.